The summed E-state index contributed by atoms with van der Waals surface area (Å²) in [6.45, 7) is 2.83. The Balaban J connectivity index is 2.61. The lowest BCUT2D eigenvalue weighted by atomic mass is 10.2. The molecule has 0 aromatic carbocycles. The van der Waals surface area contributed by atoms with Crippen molar-refractivity contribution >= 4 is 23.8 Å². The van der Waals surface area contributed by atoms with Gasteiger partial charge >= 0.3 is 0 Å². The summed E-state index contributed by atoms with van der Waals surface area (Å²) in [4.78, 5) is 16.5. The van der Waals surface area contributed by atoms with Crippen molar-refractivity contribution in [1.29, 1.82) is 0 Å². The highest BCUT2D eigenvalue weighted by Gasteiger charge is 2.05. The molecule has 1 amide bonds. The first-order valence-corrected chi connectivity index (χ1v) is 5.50. The van der Waals surface area contributed by atoms with Gasteiger partial charge in [-0.15, -0.1) is 0 Å². The number of anilines is 1. The second-order valence-corrected chi connectivity index (χ2v) is 3.71. The lowest BCUT2D eigenvalue weighted by molar-refractivity contribution is -0.107. The van der Waals surface area contributed by atoms with Crippen LogP contribution in [-0.2, 0) is 4.79 Å². The van der Waals surface area contributed by atoms with Crippen LogP contribution in [0.2, 0.25) is 5.15 Å². The largest absolute Gasteiger partial charge is 0.299 e. The molecule has 0 saturated heterocycles. The highest BCUT2D eigenvalue weighted by Crippen LogP contribution is 2.13. The van der Waals surface area contributed by atoms with E-state index >= 15 is 0 Å². The topological polar surface area (TPSA) is 33.2 Å². The van der Waals surface area contributed by atoms with Gasteiger partial charge in [-0.25, -0.2) is 4.98 Å². The van der Waals surface area contributed by atoms with E-state index in [1.165, 1.54) is 0 Å². The first-order chi connectivity index (χ1) is 7.27. The van der Waals surface area contributed by atoms with Gasteiger partial charge < -0.3 is 0 Å². The SMILES string of the molecule is CCCCCN(C=O)c1cccc(Cl)n1. The van der Waals surface area contributed by atoms with Gasteiger partial charge in [0.15, 0.2) is 0 Å². The Bertz CT molecular complexity index is 317. The Morgan fingerprint density at radius 1 is 1.47 bits per heavy atom. The molecule has 0 bridgehead atoms. The molecule has 0 atom stereocenters. The second-order valence-electron chi connectivity index (χ2n) is 3.32. The Hall–Kier alpha value is -1.09. The van der Waals surface area contributed by atoms with Crippen molar-refractivity contribution in [3.63, 3.8) is 0 Å². The normalized spacial score (nSPS) is 10.0. The van der Waals surface area contributed by atoms with Crippen LogP contribution in [0, 0.1) is 0 Å². The molecule has 0 unspecified atom stereocenters. The van der Waals surface area contributed by atoms with Crippen LogP contribution >= 0.6 is 11.6 Å². The predicted octanol–water partition coefficient (Wildman–Crippen LogP) is 2.89. The molecule has 1 heterocycles. The van der Waals surface area contributed by atoms with Gasteiger partial charge in [0.25, 0.3) is 0 Å². The quantitative estimate of drug-likeness (QED) is 0.425. The third-order valence-electron chi connectivity index (χ3n) is 2.12. The van der Waals surface area contributed by atoms with Crippen molar-refractivity contribution in [3.8, 4) is 0 Å². The summed E-state index contributed by atoms with van der Waals surface area (Å²) in [5.41, 5.74) is 0. The van der Waals surface area contributed by atoms with Crippen LogP contribution in [-0.4, -0.2) is 17.9 Å². The summed E-state index contributed by atoms with van der Waals surface area (Å²) >= 11 is 5.75. The molecular weight excluding hydrogens is 212 g/mol. The maximum Gasteiger partial charge on any atom is 0.215 e. The van der Waals surface area contributed by atoms with Gasteiger partial charge in [0.05, 0.1) is 0 Å². The van der Waals surface area contributed by atoms with Crippen molar-refractivity contribution < 1.29 is 4.79 Å². The molecule has 1 rings (SSSR count). The average Bonchev–Trinajstić information content (AvgIpc) is 2.24. The standard InChI is InChI=1S/C11H15ClN2O/c1-2-3-4-8-14(9-15)11-7-5-6-10(12)13-11/h5-7,9H,2-4,8H2,1H3. The van der Waals surface area contributed by atoms with Crippen molar-refractivity contribution in [2.24, 2.45) is 0 Å². The number of carbonyl (C=O) groups excluding carboxylic acids is 1. The molecular formula is C11H15ClN2O. The molecule has 82 valence electrons. The zero-order valence-corrected chi connectivity index (χ0v) is 9.57. The fraction of sp³-hybridized carbons (Fsp3) is 0.455. The lowest BCUT2D eigenvalue weighted by Gasteiger charge is -2.15. The van der Waals surface area contributed by atoms with Gasteiger partial charge in [-0.1, -0.05) is 37.4 Å². The van der Waals surface area contributed by atoms with E-state index in [1.807, 2.05) is 0 Å². The minimum atomic E-state index is 0.412. The van der Waals surface area contributed by atoms with Crippen LogP contribution in [0.1, 0.15) is 26.2 Å². The van der Waals surface area contributed by atoms with Gasteiger partial charge in [0, 0.05) is 6.54 Å². The average molecular weight is 227 g/mol. The number of unbranched alkanes of at least 4 members (excludes halogenated alkanes) is 2. The number of aromatic nitrogens is 1. The molecule has 0 aliphatic rings. The number of carbonyl (C=O) groups is 1. The zero-order valence-electron chi connectivity index (χ0n) is 8.82. The number of rotatable bonds is 6. The van der Waals surface area contributed by atoms with E-state index in [0.29, 0.717) is 17.5 Å². The number of hydrogen-bond acceptors (Lipinski definition) is 2. The van der Waals surface area contributed by atoms with Gasteiger partial charge in [-0.3, -0.25) is 9.69 Å². The summed E-state index contributed by atoms with van der Waals surface area (Å²) in [5.74, 6) is 0.619. The summed E-state index contributed by atoms with van der Waals surface area (Å²) in [5, 5.41) is 0.412. The third kappa shape index (κ3) is 3.88. The van der Waals surface area contributed by atoms with E-state index in [0.717, 1.165) is 25.7 Å². The van der Waals surface area contributed by atoms with Crippen LogP contribution in [0.3, 0.4) is 0 Å². The maximum atomic E-state index is 10.9. The number of nitrogens with zero attached hydrogens (tertiary/aromatic N) is 2. The second kappa shape index (κ2) is 6.40. The lowest BCUT2D eigenvalue weighted by Crippen LogP contribution is -2.23. The molecule has 1 aromatic rings. The van der Waals surface area contributed by atoms with Gasteiger partial charge in [-0.2, -0.15) is 0 Å². The first kappa shape index (κ1) is 12.0. The zero-order chi connectivity index (χ0) is 11.1. The number of amides is 1. The summed E-state index contributed by atoms with van der Waals surface area (Å²) in [7, 11) is 0. The third-order valence-corrected chi connectivity index (χ3v) is 2.33. The molecule has 1 aromatic heterocycles. The van der Waals surface area contributed by atoms with E-state index < -0.39 is 0 Å². The fourth-order valence-corrected chi connectivity index (χ4v) is 1.47. The van der Waals surface area contributed by atoms with E-state index in [1.54, 1.807) is 23.1 Å². The monoisotopic (exact) mass is 226 g/mol. The molecule has 0 aliphatic carbocycles. The molecule has 0 aliphatic heterocycles. The van der Waals surface area contributed by atoms with Gasteiger partial charge in [-0.05, 0) is 18.6 Å². The smallest absolute Gasteiger partial charge is 0.215 e. The highest BCUT2D eigenvalue weighted by molar-refractivity contribution is 6.29. The Kier molecular flexibility index (Phi) is 5.12. The molecule has 4 heteroatoms. The molecule has 0 radical (unpaired) electrons. The Labute approximate surface area is 95.1 Å². The van der Waals surface area contributed by atoms with E-state index in [-0.39, 0.29) is 0 Å². The number of halogens is 1. The molecule has 0 spiro atoms. The van der Waals surface area contributed by atoms with Crippen LogP contribution in [0.15, 0.2) is 18.2 Å². The van der Waals surface area contributed by atoms with Crippen molar-refractivity contribution in [3.05, 3.63) is 23.4 Å². The summed E-state index contributed by atoms with van der Waals surface area (Å²) < 4.78 is 0. The summed E-state index contributed by atoms with van der Waals surface area (Å²) in [6, 6.07) is 5.27. The molecule has 15 heavy (non-hydrogen) atoms. The van der Waals surface area contributed by atoms with Crippen LogP contribution in [0.4, 0.5) is 5.82 Å². The Morgan fingerprint density at radius 3 is 2.87 bits per heavy atom. The first-order valence-electron chi connectivity index (χ1n) is 5.12. The maximum absolute atomic E-state index is 10.9. The van der Waals surface area contributed by atoms with E-state index in [9.17, 15) is 4.79 Å². The van der Waals surface area contributed by atoms with Gasteiger partial charge in [0.1, 0.15) is 11.0 Å². The summed E-state index contributed by atoms with van der Waals surface area (Å²) in [6.07, 6.45) is 4.04. The van der Waals surface area contributed by atoms with Gasteiger partial charge in [0.2, 0.25) is 6.41 Å². The minimum absolute atomic E-state index is 0.412. The molecule has 0 saturated carbocycles. The number of pyridine rings is 1. The van der Waals surface area contributed by atoms with Crippen LogP contribution in [0.5, 0.6) is 0 Å². The Morgan fingerprint density at radius 2 is 2.27 bits per heavy atom. The van der Waals surface area contributed by atoms with E-state index in [4.69, 9.17) is 11.6 Å². The van der Waals surface area contributed by atoms with Crippen molar-refractivity contribution in [2.45, 2.75) is 26.2 Å². The molecule has 0 fully saturated rings. The highest BCUT2D eigenvalue weighted by atomic mass is 35.5. The van der Waals surface area contributed by atoms with Crippen LogP contribution in [0.25, 0.3) is 0 Å². The van der Waals surface area contributed by atoms with Crippen molar-refractivity contribution in [2.75, 3.05) is 11.4 Å². The molecule has 3 nitrogen and oxygen atoms in total. The van der Waals surface area contributed by atoms with Crippen molar-refractivity contribution in [1.82, 2.24) is 4.98 Å². The van der Waals surface area contributed by atoms with Crippen LogP contribution < -0.4 is 4.90 Å². The predicted molar refractivity (Wildman–Crippen MR) is 62.2 cm³/mol. The molecule has 0 N–H and O–H groups in total. The minimum Gasteiger partial charge on any atom is -0.299 e. The van der Waals surface area contributed by atoms with E-state index in [2.05, 4.69) is 11.9 Å². The fourth-order valence-electron chi connectivity index (χ4n) is 1.31. The number of hydrogen-bond donors (Lipinski definition) is 0.